The van der Waals surface area contributed by atoms with Crippen molar-refractivity contribution in [2.75, 3.05) is 5.32 Å². The lowest BCUT2D eigenvalue weighted by Gasteiger charge is -2.09. The smallest absolute Gasteiger partial charge is 0.296 e. The summed E-state index contributed by atoms with van der Waals surface area (Å²) < 4.78 is 0. The predicted octanol–water partition coefficient (Wildman–Crippen LogP) is 3.86. The summed E-state index contributed by atoms with van der Waals surface area (Å²) in [5.74, 6) is -1.13. The van der Waals surface area contributed by atoms with Crippen LogP contribution < -0.4 is 5.32 Å². The number of carbonyl (C=O) groups is 2. The predicted molar refractivity (Wildman–Crippen MR) is 91.8 cm³/mol. The molecule has 1 amide bonds. The van der Waals surface area contributed by atoms with Gasteiger partial charge in [0.15, 0.2) is 0 Å². The number of anilines is 1. The van der Waals surface area contributed by atoms with E-state index in [9.17, 15) is 9.59 Å². The van der Waals surface area contributed by atoms with Crippen LogP contribution >= 0.6 is 0 Å². The van der Waals surface area contributed by atoms with Crippen molar-refractivity contribution < 1.29 is 9.59 Å². The van der Waals surface area contributed by atoms with Crippen LogP contribution in [0.3, 0.4) is 0 Å². The molecule has 0 spiro atoms. The molecule has 1 aromatic heterocycles. The topological polar surface area (TPSA) is 62.0 Å². The first-order valence-electron chi connectivity index (χ1n) is 7.62. The molecule has 0 atom stereocenters. The molecule has 0 saturated carbocycles. The van der Waals surface area contributed by atoms with E-state index in [4.69, 9.17) is 0 Å². The molecule has 4 heteroatoms. The van der Waals surface area contributed by atoms with Crippen molar-refractivity contribution in [2.45, 2.75) is 20.3 Å². The summed E-state index contributed by atoms with van der Waals surface area (Å²) in [6.45, 7) is 3.82. The number of H-pyrrole nitrogens is 1. The van der Waals surface area contributed by atoms with Gasteiger partial charge >= 0.3 is 0 Å². The normalized spacial score (nSPS) is 10.7. The minimum Gasteiger partial charge on any atom is -0.358 e. The fraction of sp³-hybridized carbons (Fsp3) is 0.158. The number of benzene rings is 2. The van der Waals surface area contributed by atoms with Crippen LogP contribution in [0.15, 0.2) is 48.5 Å². The van der Waals surface area contributed by atoms with E-state index in [-0.39, 0.29) is 0 Å². The highest BCUT2D eigenvalue weighted by Crippen LogP contribution is 2.23. The number of rotatable bonds is 4. The Labute approximate surface area is 134 Å². The van der Waals surface area contributed by atoms with Crippen molar-refractivity contribution in [1.82, 2.24) is 4.98 Å². The number of aryl methyl sites for hydroxylation is 2. The minimum atomic E-state index is -0.612. The third-order valence-corrected chi connectivity index (χ3v) is 3.97. The van der Waals surface area contributed by atoms with Gasteiger partial charge in [-0.05, 0) is 31.0 Å². The van der Waals surface area contributed by atoms with Crippen molar-refractivity contribution in [1.29, 1.82) is 0 Å². The van der Waals surface area contributed by atoms with Crippen LogP contribution in [0.2, 0.25) is 0 Å². The Bertz CT molecular complexity index is 893. The first-order valence-corrected chi connectivity index (χ1v) is 7.62. The lowest BCUT2D eigenvalue weighted by molar-refractivity contribution is -0.112. The molecule has 0 unspecified atom stereocenters. The third kappa shape index (κ3) is 2.75. The van der Waals surface area contributed by atoms with E-state index < -0.39 is 11.7 Å². The summed E-state index contributed by atoms with van der Waals surface area (Å²) >= 11 is 0. The van der Waals surface area contributed by atoms with Gasteiger partial charge < -0.3 is 10.3 Å². The zero-order chi connectivity index (χ0) is 16.4. The van der Waals surface area contributed by atoms with Crippen LogP contribution in [-0.2, 0) is 11.2 Å². The van der Waals surface area contributed by atoms with Crippen LogP contribution in [0.25, 0.3) is 10.9 Å². The van der Waals surface area contributed by atoms with Gasteiger partial charge in [0.1, 0.15) is 0 Å². The largest absolute Gasteiger partial charge is 0.358 e. The maximum atomic E-state index is 12.6. The molecule has 3 aromatic rings. The molecule has 0 saturated heterocycles. The lowest BCUT2D eigenvalue weighted by Crippen LogP contribution is -2.24. The molecule has 0 radical (unpaired) electrons. The van der Waals surface area contributed by atoms with E-state index >= 15 is 0 Å². The molecule has 116 valence electrons. The van der Waals surface area contributed by atoms with Gasteiger partial charge in [-0.3, -0.25) is 9.59 Å². The quantitative estimate of drug-likeness (QED) is 0.568. The second-order valence-corrected chi connectivity index (χ2v) is 5.46. The fourth-order valence-corrected chi connectivity index (χ4v) is 2.81. The minimum absolute atomic E-state index is 0.437. The summed E-state index contributed by atoms with van der Waals surface area (Å²) in [6, 6.07) is 15.0. The standard InChI is InChI=1S/C19H18N2O2/c1-3-13-8-4-6-10-15(13)21-19(23)18(22)17-12(2)20-16-11-7-5-9-14(16)17/h4-11,20H,3H2,1-2H3,(H,21,23). The van der Waals surface area contributed by atoms with Gasteiger partial charge in [-0.1, -0.05) is 43.3 Å². The SMILES string of the molecule is CCc1ccccc1NC(=O)C(=O)c1c(C)[nH]c2ccccc12. The van der Waals surface area contributed by atoms with Gasteiger partial charge in [-0.25, -0.2) is 0 Å². The molecule has 1 heterocycles. The molecule has 0 fully saturated rings. The van der Waals surface area contributed by atoms with Crippen molar-refractivity contribution >= 4 is 28.3 Å². The summed E-state index contributed by atoms with van der Waals surface area (Å²) in [7, 11) is 0. The van der Waals surface area contributed by atoms with E-state index in [0.717, 1.165) is 22.9 Å². The van der Waals surface area contributed by atoms with Gasteiger partial charge in [0, 0.05) is 22.3 Å². The summed E-state index contributed by atoms with van der Waals surface area (Å²) in [6.07, 6.45) is 0.788. The number of hydrogen-bond donors (Lipinski definition) is 2. The molecule has 2 aromatic carbocycles. The number of Topliss-reactive ketones (excluding diaryl/α,β-unsaturated/α-hetero) is 1. The molecule has 0 aliphatic carbocycles. The number of hydrogen-bond acceptors (Lipinski definition) is 2. The Balaban J connectivity index is 1.93. The fourth-order valence-electron chi connectivity index (χ4n) is 2.81. The Morgan fingerprint density at radius 2 is 1.74 bits per heavy atom. The Morgan fingerprint density at radius 3 is 2.52 bits per heavy atom. The van der Waals surface area contributed by atoms with Gasteiger partial charge in [-0.2, -0.15) is 0 Å². The maximum Gasteiger partial charge on any atom is 0.296 e. The summed E-state index contributed by atoms with van der Waals surface area (Å²) in [5, 5.41) is 3.51. The number of ketones is 1. The van der Waals surface area contributed by atoms with Crippen LogP contribution in [0.1, 0.15) is 28.5 Å². The first kappa shape index (κ1) is 15.0. The van der Waals surface area contributed by atoms with Gasteiger partial charge in [0.2, 0.25) is 0 Å². The molecule has 2 N–H and O–H groups in total. The Hall–Kier alpha value is -2.88. The molecular weight excluding hydrogens is 288 g/mol. The molecule has 4 nitrogen and oxygen atoms in total. The van der Waals surface area contributed by atoms with Crippen molar-refractivity contribution in [2.24, 2.45) is 0 Å². The van der Waals surface area contributed by atoms with Gasteiger partial charge in [-0.15, -0.1) is 0 Å². The van der Waals surface area contributed by atoms with E-state index in [1.54, 1.807) is 6.92 Å². The summed E-state index contributed by atoms with van der Waals surface area (Å²) in [5.41, 5.74) is 3.69. The molecule has 23 heavy (non-hydrogen) atoms. The maximum absolute atomic E-state index is 12.6. The molecule has 3 rings (SSSR count). The van der Waals surface area contributed by atoms with Crippen molar-refractivity contribution in [3.8, 4) is 0 Å². The number of para-hydroxylation sites is 2. The second-order valence-electron chi connectivity index (χ2n) is 5.46. The lowest BCUT2D eigenvalue weighted by atomic mass is 10.1. The number of aromatic nitrogens is 1. The van der Waals surface area contributed by atoms with Crippen molar-refractivity contribution in [3.63, 3.8) is 0 Å². The Morgan fingerprint density at radius 1 is 1.04 bits per heavy atom. The highest BCUT2D eigenvalue weighted by molar-refractivity contribution is 6.48. The van der Waals surface area contributed by atoms with Gasteiger partial charge in [0.25, 0.3) is 11.7 Å². The van der Waals surface area contributed by atoms with E-state index in [1.165, 1.54) is 0 Å². The number of carbonyl (C=O) groups excluding carboxylic acids is 2. The van der Waals surface area contributed by atoms with Crippen LogP contribution in [0, 0.1) is 6.92 Å². The average molecular weight is 306 g/mol. The van der Waals surface area contributed by atoms with E-state index in [0.29, 0.717) is 16.9 Å². The highest BCUT2D eigenvalue weighted by Gasteiger charge is 2.23. The van der Waals surface area contributed by atoms with Gasteiger partial charge in [0.05, 0.1) is 5.56 Å². The zero-order valence-electron chi connectivity index (χ0n) is 13.1. The average Bonchev–Trinajstić information content (AvgIpc) is 2.90. The molecule has 0 bridgehead atoms. The molecule has 0 aliphatic rings. The third-order valence-electron chi connectivity index (χ3n) is 3.97. The number of aromatic amines is 1. The van der Waals surface area contributed by atoms with Crippen LogP contribution in [-0.4, -0.2) is 16.7 Å². The van der Waals surface area contributed by atoms with Crippen LogP contribution in [0.5, 0.6) is 0 Å². The van der Waals surface area contributed by atoms with E-state index in [2.05, 4.69) is 10.3 Å². The monoisotopic (exact) mass is 306 g/mol. The zero-order valence-corrected chi connectivity index (χ0v) is 13.1. The highest BCUT2D eigenvalue weighted by atomic mass is 16.2. The number of fused-ring (bicyclic) bond motifs is 1. The van der Waals surface area contributed by atoms with E-state index in [1.807, 2.05) is 55.5 Å². The number of amides is 1. The second kappa shape index (κ2) is 6.08. The van der Waals surface area contributed by atoms with Crippen molar-refractivity contribution in [3.05, 3.63) is 65.4 Å². The first-order chi connectivity index (χ1) is 11.1. The van der Waals surface area contributed by atoms with Crippen LogP contribution in [0.4, 0.5) is 5.69 Å². The molecular formula is C19H18N2O2. The number of nitrogens with one attached hydrogen (secondary N) is 2. The summed E-state index contributed by atoms with van der Waals surface area (Å²) in [4.78, 5) is 28.2. The Kier molecular flexibility index (Phi) is 3.98. The molecule has 0 aliphatic heterocycles.